The Hall–Kier alpha value is -4.71. The summed E-state index contributed by atoms with van der Waals surface area (Å²) in [7, 11) is 1.56. The number of methoxy groups -OCH3 is 1. The van der Waals surface area contributed by atoms with E-state index in [1.165, 1.54) is 23.1 Å². The van der Waals surface area contributed by atoms with Crippen molar-refractivity contribution >= 4 is 69.1 Å². The second kappa shape index (κ2) is 15.3. The van der Waals surface area contributed by atoms with Crippen molar-refractivity contribution in [3.8, 4) is 16.3 Å². The molecule has 5 rings (SSSR count). The van der Waals surface area contributed by atoms with Crippen LogP contribution in [0.2, 0.25) is 0 Å². The Labute approximate surface area is 273 Å². The van der Waals surface area contributed by atoms with Gasteiger partial charge in [0.1, 0.15) is 11.4 Å². The smallest absolute Gasteiger partial charge is 0.272 e. The van der Waals surface area contributed by atoms with E-state index in [0.717, 1.165) is 15.5 Å². The molecule has 0 spiro atoms. The molecular formula is C34H30N4O4S3. The van der Waals surface area contributed by atoms with Crippen LogP contribution < -0.4 is 20.7 Å². The lowest BCUT2D eigenvalue weighted by Gasteiger charge is -2.15. The number of amides is 3. The predicted molar refractivity (Wildman–Crippen MR) is 184 cm³/mol. The first-order valence-corrected chi connectivity index (χ1v) is 16.7. The van der Waals surface area contributed by atoms with Crippen LogP contribution in [-0.2, 0) is 9.59 Å². The largest absolute Gasteiger partial charge is 0.497 e. The molecule has 0 bridgehead atoms. The Morgan fingerprint density at radius 1 is 0.933 bits per heavy atom. The second-order valence-corrected chi connectivity index (χ2v) is 12.7. The number of thiazole rings is 1. The Bertz CT molecular complexity index is 1800. The first-order chi connectivity index (χ1) is 21.9. The topological polar surface area (TPSA) is 109 Å². The van der Waals surface area contributed by atoms with E-state index in [4.69, 9.17) is 4.74 Å². The number of rotatable bonds is 12. The SMILES string of the molecule is CCC(Sc1cccc(NC(=O)/C(=C/c2cccc(OC)c2)NC(=O)c2ccccc2)c1)C(=O)Nc1nc(-c2cccs2)cs1. The number of thiophene rings is 1. The lowest BCUT2D eigenvalue weighted by Crippen LogP contribution is -2.30. The first-order valence-electron chi connectivity index (χ1n) is 14.0. The molecule has 2 aromatic heterocycles. The van der Waals surface area contributed by atoms with Crippen LogP contribution in [0.15, 0.2) is 112 Å². The van der Waals surface area contributed by atoms with Crippen LogP contribution in [0.5, 0.6) is 5.75 Å². The third kappa shape index (κ3) is 8.69. The molecule has 0 aliphatic carbocycles. The van der Waals surface area contributed by atoms with E-state index in [0.29, 0.717) is 34.1 Å². The standard InChI is InChI=1S/C34H30N4O4S3/c1-3-29(33(41)38-34-37-28(21-44-34)30-16-9-17-43-30)45-26-15-8-13-24(20-26)35-32(40)27(19-22-10-7-14-25(18-22)42-2)36-31(39)23-11-5-4-6-12-23/h4-21,29H,3H2,1-2H3,(H,35,40)(H,36,39)(H,37,38,41)/b27-19-. The van der Waals surface area contributed by atoms with Gasteiger partial charge in [0.15, 0.2) is 5.13 Å². The van der Waals surface area contributed by atoms with Crippen LogP contribution in [0, 0.1) is 0 Å². The van der Waals surface area contributed by atoms with Gasteiger partial charge in [0.25, 0.3) is 11.8 Å². The number of nitrogens with zero attached hydrogens (tertiary/aromatic N) is 1. The molecule has 228 valence electrons. The zero-order valence-electron chi connectivity index (χ0n) is 24.5. The third-order valence-electron chi connectivity index (χ3n) is 6.48. The molecule has 8 nitrogen and oxygen atoms in total. The van der Waals surface area contributed by atoms with E-state index in [1.807, 2.05) is 54.1 Å². The first kappa shape index (κ1) is 31.7. The van der Waals surface area contributed by atoms with Crippen LogP contribution in [0.3, 0.4) is 0 Å². The highest BCUT2D eigenvalue weighted by Gasteiger charge is 2.21. The van der Waals surface area contributed by atoms with E-state index in [9.17, 15) is 14.4 Å². The highest BCUT2D eigenvalue weighted by molar-refractivity contribution is 8.00. The number of anilines is 2. The Morgan fingerprint density at radius 3 is 2.51 bits per heavy atom. The van der Waals surface area contributed by atoms with Crippen molar-refractivity contribution in [2.24, 2.45) is 0 Å². The van der Waals surface area contributed by atoms with Gasteiger partial charge in [-0.15, -0.1) is 34.4 Å². The van der Waals surface area contributed by atoms with E-state index in [-0.39, 0.29) is 16.9 Å². The Morgan fingerprint density at radius 2 is 1.76 bits per heavy atom. The van der Waals surface area contributed by atoms with Crippen molar-refractivity contribution in [2.45, 2.75) is 23.5 Å². The fraction of sp³-hybridized carbons (Fsp3) is 0.118. The van der Waals surface area contributed by atoms with Gasteiger partial charge in [-0.3, -0.25) is 14.4 Å². The molecule has 0 fully saturated rings. The van der Waals surface area contributed by atoms with Crippen LogP contribution in [0.4, 0.5) is 10.8 Å². The number of nitrogens with one attached hydrogen (secondary N) is 3. The molecule has 3 amide bonds. The van der Waals surface area contributed by atoms with Crippen LogP contribution in [0.1, 0.15) is 29.3 Å². The molecule has 3 aromatic carbocycles. The summed E-state index contributed by atoms with van der Waals surface area (Å²) < 4.78 is 5.31. The molecule has 0 saturated heterocycles. The molecule has 1 unspecified atom stereocenters. The van der Waals surface area contributed by atoms with Crippen LogP contribution >= 0.6 is 34.4 Å². The maximum absolute atomic E-state index is 13.5. The summed E-state index contributed by atoms with van der Waals surface area (Å²) in [6.45, 7) is 1.95. The highest BCUT2D eigenvalue weighted by atomic mass is 32.2. The Balaban J connectivity index is 1.29. The molecule has 5 aromatic rings. The minimum atomic E-state index is -0.501. The Kier molecular flexibility index (Phi) is 10.8. The van der Waals surface area contributed by atoms with Gasteiger partial charge in [0.2, 0.25) is 5.91 Å². The van der Waals surface area contributed by atoms with Crippen molar-refractivity contribution < 1.29 is 19.1 Å². The summed E-state index contributed by atoms with van der Waals surface area (Å²) in [5.74, 6) is -0.436. The summed E-state index contributed by atoms with van der Waals surface area (Å²) in [6, 6.07) is 27.1. The molecule has 2 heterocycles. The molecule has 0 saturated carbocycles. The minimum absolute atomic E-state index is 0.0614. The van der Waals surface area contributed by atoms with E-state index < -0.39 is 11.8 Å². The second-order valence-electron chi connectivity index (χ2n) is 9.66. The number of ether oxygens (including phenoxy) is 1. The van der Waals surface area contributed by atoms with Crippen molar-refractivity contribution in [3.63, 3.8) is 0 Å². The van der Waals surface area contributed by atoms with Crippen LogP contribution in [-0.4, -0.2) is 35.1 Å². The fourth-order valence-corrected chi connectivity index (χ4v) is 6.71. The van der Waals surface area contributed by atoms with Gasteiger partial charge in [-0.2, -0.15) is 0 Å². The number of carbonyl (C=O) groups excluding carboxylic acids is 3. The van der Waals surface area contributed by atoms with Gasteiger partial charge in [-0.25, -0.2) is 4.98 Å². The van der Waals surface area contributed by atoms with E-state index >= 15 is 0 Å². The van der Waals surface area contributed by atoms with Gasteiger partial charge in [0, 0.05) is 21.5 Å². The number of hydrogen-bond acceptors (Lipinski definition) is 8. The van der Waals surface area contributed by atoms with Crippen molar-refractivity contribution in [2.75, 3.05) is 17.7 Å². The van der Waals surface area contributed by atoms with Gasteiger partial charge in [-0.1, -0.05) is 49.4 Å². The summed E-state index contributed by atoms with van der Waals surface area (Å²) in [6.07, 6.45) is 2.19. The molecule has 0 aliphatic heterocycles. The predicted octanol–water partition coefficient (Wildman–Crippen LogP) is 7.80. The average molecular weight is 655 g/mol. The quantitative estimate of drug-likeness (QED) is 0.0936. The fourth-order valence-electron chi connectivity index (χ4n) is 4.23. The van der Waals surface area contributed by atoms with Gasteiger partial charge >= 0.3 is 0 Å². The molecule has 45 heavy (non-hydrogen) atoms. The number of aromatic nitrogens is 1. The molecule has 0 radical (unpaired) electrons. The van der Waals surface area contributed by atoms with Gasteiger partial charge in [0.05, 0.1) is 22.9 Å². The summed E-state index contributed by atoms with van der Waals surface area (Å²) in [5.41, 5.74) is 2.52. The van der Waals surface area contributed by atoms with Gasteiger partial charge < -0.3 is 20.7 Å². The number of benzene rings is 3. The zero-order valence-corrected chi connectivity index (χ0v) is 26.9. The average Bonchev–Trinajstić information content (AvgIpc) is 3.77. The lowest BCUT2D eigenvalue weighted by molar-refractivity contribution is -0.116. The van der Waals surface area contributed by atoms with Crippen molar-refractivity contribution in [1.29, 1.82) is 0 Å². The summed E-state index contributed by atoms with van der Waals surface area (Å²) in [4.78, 5) is 46.1. The third-order valence-corrected chi connectivity index (χ3v) is 9.48. The number of hydrogen-bond donors (Lipinski definition) is 3. The summed E-state index contributed by atoms with van der Waals surface area (Å²) >= 11 is 4.39. The molecule has 1 atom stereocenters. The molecule has 0 aliphatic rings. The molecular weight excluding hydrogens is 625 g/mol. The maximum Gasteiger partial charge on any atom is 0.272 e. The number of thioether (sulfide) groups is 1. The minimum Gasteiger partial charge on any atom is -0.497 e. The monoisotopic (exact) mass is 654 g/mol. The highest BCUT2D eigenvalue weighted by Crippen LogP contribution is 2.31. The van der Waals surface area contributed by atoms with E-state index in [2.05, 4.69) is 20.9 Å². The lowest BCUT2D eigenvalue weighted by atomic mass is 10.1. The zero-order chi connectivity index (χ0) is 31.6. The van der Waals surface area contributed by atoms with Crippen molar-refractivity contribution in [3.05, 3.63) is 119 Å². The maximum atomic E-state index is 13.5. The van der Waals surface area contributed by atoms with Crippen LogP contribution in [0.25, 0.3) is 16.6 Å². The van der Waals surface area contributed by atoms with Gasteiger partial charge in [-0.05, 0) is 72.0 Å². The van der Waals surface area contributed by atoms with E-state index in [1.54, 1.807) is 79.1 Å². The molecule has 3 N–H and O–H groups in total. The number of carbonyl (C=O) groups is 3. The molecule has 11 heteroatoms. The normalized spacial score (nSPS) is 11.8. The summed E-state index contributed by atoms with van der Waals surface area (Å²) in [5, 5.41) is 12.7. The van der Waals surface area contributed by atoms with Crippen molar-refractivity contribution in [1.82, 2.24) is 10.3 Å².